The molecule has 0 bridgehead atoms. The van der Waals surface area contributed by atoms with E-state index in [4.69, 9.17) is 9.47 Å². The van der Waals surface area contributed by atoms with E-state index >= 15 is 0 Å². The van der Waals surface area contributed by atoms with E-state index in [0.717, 1.165) is 42.4 Å². The first-order valence-electron chi connectivity index (χ1n) is 17.7. The van der Waals surface area contributed by atoms with Crippen LogP contribution in [0.3, 0.4) is 0 Å². The van der Waals surface area contributed by atoms with Crippen LogP contribution >= 0.6 is 0 Å². The molecule has 4 aromatic carbocycles. The second-order valence-corrected chi connectivity index (χ2v) is 13.7. The fraction of sp³-hybridized carbons (Fsp3) is 0.279. The number of benzene rings is 4. The number of anilines is 1. The molecule has 2 saturated heterocycles. The van der Waals surface area contributed by atoms with Gasteiger partial charge in [-0.1, -0.05) is 96.8 Å². The Hall–Kier alpha value is -5.69. The van der Waals surface area contributed by atoms with Crippen molar-refractivity contribution >= 4 is 23.5 Å². The Morgan fingerprint density at radius 3 is 2.35 bits per heavy atom. The molecule has 52 heavy (non-hydrogen) atoms. The van der Waals surface area contributed by atoms with Crippen molar-refractivity contribution in [2.24, 2.45) is 5.92 Å². The lowest BCUT2D eigenvalue weighted by Crippen LogP contribution is -2.52. The third-order valence-electron chi connectivity index (χ3n) is 10.8. The monoisotopic (exact) mass is 694 g/mol. The SMILES string of the molecule is O=C1OC(c2ccccc2)C(c2ccccc2)N2C1C(C(=O)O)C1(C(=O)Nc3ccc(C#CC4=CCCCC4)cc31)C2c1ccccc1OCCO. The number of carboxylic acid groups (broad SMARTS) is 1. The van der Waals surface area contributed by atoms with E-state index in [-0.39, 0.29) is 13.2 Å². The molecular weight excluding hydrogens is 656 g/mol. The molecule has 3 heterocycles. The zero-order valence-corrected chi connectivity index (χ0v) is 28.4. The Morgan fingerprint density at radius 1 is 0.904 bits per heavy atom. The number of carbonyl (C=O) groups is 3. The number of fused-ring (bicyclic) bond motifs is 3. The lowest BCUT2D eigenvalue weighted by atomic mass is 9.65. The van der Waals surface area contributed by atoms with E-state index in [9.17, 15) is 24.6 Å². The molecule has 2 fully saturated rings. The number of nitrogens with one attached hydrogen (secondary N) is 1. The van der Waals surface area contributed by atoms with Crippen LogP contribution in [0.15, 0.2) is 115 Å². The summed E-state index contributed by atoms with van der Waals surface area (Å²) in [6.45, 7) is -0.289. The molecule has 4 aliphatic rings. The summed E-state index contributed by atoms with van der Waals surface area (Å²) in [6, 6.07) is 28.3. The summed E-state index contributed by atoms with van der Waals surface area (Å²) in [5, 5.41) is 24.1. The van der Waals surface area contributed by atoms with E-state index in [1.807, 2.05) is 77.7 Å². The van der Waals surface area contributed by atoms with Crippen LogP contribution in [0.25, 0.3) is 0 Å². The minimum absolute atomic E-state index is 0.0301. The molecule has 6 atom stereocenters. The highest BCUT2D eigenvalue weighted by Gasteiger charge is 2.74. The van der Waals surface area contributed by atoms with Crippen LogP contribution in [-0.2, 0) is 24.5 Å². The molecule has 1 aliphatic carbocycles. The van der Waals surface area contributed by atoms with Gasteiger partial charge in [-0.25, -0.2) is 0 Å². The zero-order chi connectivity index (χ0) is 35.8. The fourth-order valence-electron chi connectivity index (χ4n) is 8.72. The standard InChI is InChI=1S/C43H38N2O7/c46-24-25-51-34-19-11-10-18-31(34)39-43(32-26-28(22-23-33(32)44-42(43)50)21-20-27-12-4-1-5-13-27)35(40(47)48)37-41(49)52-38(30-16-8-3-9-17-30)36(45(37)39)29-14-6-2-7-15-29/h2-3,6-12,14-19,22-23,26,35-39,46H,1,4-5,13,24-25H2,(H,44,50)(H,47,48). The normalized spacial score (nSPS) is 26.3. The summed E-state index contributed by atoms with van der Waals surface area (Å²) in [6.07, 6.45) is 5.41. The van der Waals surface area contributed by atoms with Crippen LogP contribution in [0.5, 0.6) is 5.75 Å². The van der Waals surface area contributed by atoms with Crippen LogP contribution in [0.2, 0.25) is 0 Å². The molecule has 262 valence electrons. The highest BCUT2D eigenvalue weighted by Crippen LogP contribution is 2.65. The van der Waals surface area contributed by atoms with Gasteiger partial charge < -0.3 is 25.0 Å². The Morgan fingerprint density at radius 2 is 1.63 bits per heavy atom. The van der Waals surface area contributed by atoms with E-state index < -0.39 is 53.4 Å². The predicted octanol–water partition coefficient (Wildman–Crippen LogP) is 6.27. The maximum absolute atomic E-state index is 15.0. The van der Waals surface area contributed by atoms with Gasteiger partial charge in [0.2, 0.25) is 5.91 Å². The molecule has 0 saturated carbocycles. The van der Waals surface area contributed by atoms with Gasteiger partial charge in [-0.3, -0.25) is 19.3 Å². The molecule has 4 aromatic rings. The van der Waals surface area contributed by atoms with Crippen molar-refractivity contribution in [1.82, 2.24) is 4.90 Å². The largest absolute Gasteiger partial charge is 0.491 e. The molecule has 6 unspecified atom stereocenters. The first-order chi connectivity index (χ1) is 25.4. The second kappa shape index (κ2) is 13.8. The van der Waals surface area contributed by atoms with Crippen molar-refractivity contribution < 1.29 is 34.1 Å². The van der Waals surface area contributed by atoms with Crippen LogP contribution in [0, 0.1) is 17.8 Å². The molecule has 9 nitrogen and oxygen atoms in total. The Kier molecular flexibility index (Phi) is 8.87. The smallest absolute Gasteiger partial charge is 0.325 e. The minimum atomic E-state index is -1.83. The predicted molar refractivity (Wildman–Crippen MR) is 193 cm³/mol. The number of rotatable bonds is 7. The summed E-state index contributed by atoms with van der Waals surface area (Å²) in [4.78, 5) is 45.2. The van der Waals surface area contributed by atoms with Crippen molar-refractivity contribution in [1.29, 1.82) is 0 Å². The highest BCUT2D eigenvalue weighted by molar-refractivity contribution is 6.11. The second-order valence-electron chi connectivity index (χ2n) is 13.7. The van der Waals surface area contributed by atoms with Crippen molar-refractivity contribution in [2.45, 2.75) is 55.3 Å². The summed E-state index contributed by atoms with van der Waals surface area (Å²) < 4.78 is 12.4. The maximum Gasteiger partial charge on any atom is 0.325 e. The number of allylic oxidation sites excluding steroid dienone is 2. The van der Waals surface area contributed by atoms with Crippen molar-refractivity contribution in [3.05, 3.63) is 143 Å². The van der Waals surface area contributed by atoms with Gasteiger partial charge in [-0.15, -0.1) is 0 Å². The van der Waals surface area contributed by atoms with Crippen molar-refractivity contribution in [3.8, 4) is 17.6 Å². The molecule has 1 spiro atoms. The third-order valence-corrected chi connectivity index (χ3v) is 10.8. The summed E-state index contributed by atoms with van der Waals surface area (Å²) in [5.41, 5.74) is 2.79. The number of ether oxygens (including phenoxy) is 2. The molecule has 0 radical (unpaired) electrons. The van der Waals surface area contributed by atoms with Gasteiger partial charge in [0.25, 0.3) is 0 Å². The fourth-order valence-corrected chi connectivity index (χ4v) is 8.72. The van der Waals surface area contributed by atoms with Gasteiger partial charge in [0.05, 0.1) is 18.7 Å². The average molecular weight is 695 g/mol. The first kappa shape index (κ1) is 33.5. The number of morpholine rings is 1. The molecule has 0 aromatic heterocycles. The van der Waals surface area contributed by atoms with E-state index in [1.54, 1.807) is 30.3 Å². The number of aliphatic hydroxyl groups excluding tert-OH is 1. The van der Waals surface area contributed by atoms with Crippen molar-refractivity contribution in [2.75, 3.05) is 18.5 Å². The first-order valence-corrected chi connectivity index (χ1v) is 17.7. The number of hydrogen-bond donors (Lipinski definition) is 3. The Labute approximate surface area is 301 Å². The number of esters is 1. The van der Waals surface area contributed by atoms with Gasteiger partial charge in [0.15, 0.2) is 0 Å². The molecule has 9 heteroatoms. The molecule has 8 rings (SSSR count). The number of aliphatic carboxylic acids is 1. The van der Waals surface area contributed by atoms with Gasteiger partial charge in [0, 0.05) is 16.8 Å². The summed E-state index contributed by atoms with van der Waals surface area (Å²) >= 11 is 0. The van der Waals surface area contributed by atoms with E-state index in [2.05, 4.69) is 23.2 Å². The molecule has 3 N–H and O–H groups in total. The lowest BCUT2D eigenvalue weighted by molar-refractivity contribution is -0.179. The topological polar surface area (TPSA) is 125 Å². The number of carbonyl (C=O) groups excluding carboxylic acids is 2. The Balaban J connectivity index is 1.41. The van der Waals surface area contributed by atoms with Crippen molar-refractivity contribution in [3.63, 3.8) is 0 Å². The van der Waals surface area contributed by atoms with Crippen LogP contribution < -0.4 is 10.1 Å². The van der Waals surface area contributed by atoms with Gasteiger partial charge >= 0.3 is 11.9 Å². The van der Waals surface area contributed by atoms with E-state index in [1.165, 1.54) is 0 Å². The maximum atomic E-state index is 15.0. The Bertz CT molecular complexity index is 2120. The molecule has 1 amide bonds. The molecule has 3 aliphatic heterocycles. The lowest BCUT2D eigenvalue weighted by Gasteiger charge is -2.46. The zero-order valence-electron chi connectivity index (χ0n) is 28.4. The van der Waals surface area contributed by atoms with Gasteiger partial charge in [-0.05, 0) is 72.2 Å². The number of para-hydroxylation sites is 1. The number of amides is 1. The summed E-state index contributed by atoms with van der Waals surface area (Å²) in [7, 11) is 0. The third kappa shape index (κ3) is 5.47. The van der Waals surface area contributed by atoms with E-state index in [0.29, 0.717) is 28.1 Å². The van der Waals surface area contributed by atoms with Gasteiger partial charge in [-0.2, -0.15) is 0 Å². The van der Waals surface area contributed by atoms with Crippen LogP contribution in [-0.4, -0.2) is 52.2 Å². The number of nitrogens with zero attached hydrogens (tertiary/aromatic N) is 1. The van der Waals surface area contributed by atoms with Crippen LogP contribution in [0.4, 0.5) is 5.69 Å². The minimum Gasteiger partial charge on any atom is -0.491 e. The number of carboxylic acids is 1. The number of hydrogen-bond acceptors (Lipinski definition) is 7. The van der Waals surface area contributed by atoms with Gasteiger partial charge in [0.1, 0.15) is 35.8 Å². The number of cyclic esters (lactones) is 1. The number of aliphatic hydroxyl groups is 1. The summed E-state index contributed by atoms with van der Waals surface area (Å²) in [5.74, 6) is 2.80. The highest BCUT2D eigenvalue weighted by atomic mass is 16.6. The molecular formula is C43H38N2O7. The average Bonchev–Trinajstić information content (AvgIpc) is 3.66. The quantitative estimate of drug-likeness (QED) is 0.153. The van der Waals surface area contributed by atoms with Crippen LogP contribution in [0.1, 0.15) is 71.7 Å².